The predicted molar refractivity (Wildman–Crippen MR) is 74.1 cm³/mol. The second kappa shape index (κ2) is 7.13. The molecule has 0 saturated heterocycles. The lowest BCUT2D eigenvalue weighted by Gasteiger charge is -2.23. The van der Waals surface area contributed by atoms with Crippen LogP contribution in [0.3, 0.4) is 0 Å². The summed E-state index contributed by atoms with van der Waals surface area (Å²) >= 11 is 3.32. The van der Waals surface area contributed by atoms with Crippen LogP contribution in [0.4, 0.5) is 0 Å². The second-order valence-electron chi connectivity index (χ2n) is 3.94. The van der Waals surface area contributed by atoms with Gasteiger partial charge in [0.1, 0.15) is 12.3 Å². The molecule has 1 N–H and O–H groups in total. The fourth-order valence-electron chi connectivity index (χ4n) is 1.55. The number of nitrogens with zero attached hydrogens (tertiary/aromatic N) is 1. The van der Waals surface area contributed by atoms with Crippen LogP contribution in [0.15, 0.2) is 28.7 Å². The summed E-state index contributed by atoms with van der Waals surface area (Å²) in [5.41, 5.74) is 0. The molecule has 0 aliphatic carbocycles. The highest BCUT2D eigenvalue weighted by Gasteiger charge is 2.23. The van der Waals surface area contributed by atoms with Crippen molar-refractivity contribution in [1.82, 2.24) is 4.90 Å². The molecular weight excluding hydrogens is 314 g/mol. The van der Waals surface area contributed by atoms with E-state index in [1.54, 1.807) is 32.0 Å². The van der Waals surface area contributed by atoms with E-state index in [4.69, 9.17) is 9.84 Å². The van der Waals surface area contributed by atoms with Crippen molar-refractivity contribution in [2.45, 2.75) is 20.0 Å². The highest BCUT2D eigenvalue weighted by Crippen LogP contribution is 2.25. The van der Waals surface area contributed by atoms with Crippen molar-refractivity contribution < 1.29 is 19.4 Å². The van der Waals surface area contributed by atoms with Gasteiger partial charge < -0.3 is 14.7 Å². The lowest BCUT2D eigenvalue weighted by molar-refractivity contribution is -0.147. The van der Waals surface area contributed by atoms with Crippen molar-refractivity contribution in [2.24, 2.45) is 0 Å². The maximum absolute atomic E-state index is 12.0. The summed E-state index contributed by atoms with van der Waals surface area (Å²) in [6, 6.07) is 7.18. The summed E-state index contributed by atoms with van der Waals surface area (Å²) in [7, 11) is 0. The molecule has 6 heteroatoms. The van der Waals surface area contributed by atoms with Gasteiger partial charge in [-0.1, -0.05) is 12.1 Å². The zero-order chi connectivity index (χ0) is 14.4. The molecule has 1 unspecified atom stereocenters. The Balaban J connectivity index is 2.71. The molecule has 0 aliphatic heterocycles. The van der Waals surface area contributed by atoms with E-state index in [9.17, 15) is 9.59 Å². The predicted octanol–water partition coefficient (Wildman–Crippen LogP) is 2.15. The van der Waals surface area contributed by atoms with Gasteiger partial charge in [0.15, 0.2) is 6.10 Å². The first kappa shape index (κ1) is 15.5. The number of halogens is 1. The zero-order valence-corrected chi connectivity index (χ0v) is 12.4. The van der Waals surface area contributed by atoms with Gasteiger partial charge in [-0.25, -0.2) is 0 Å². The standard InChI is InChI=1S/C13H16BrNO4/c1-3-15(8-12(16)17)13(18)9(2)19-11-7-5-4-6-10(11)14/h4-7,9H,3,8H2,1-2H3,(H,16,17). The molecule has 0 fully saturated rings. The van der Waals surface area contributed by atoms with Gasteiger partial charge in [0.2, 0.25) is 0 Å². The van der Waals surface area contributed by atoms with E-state index in [0.717, 1.165) is 4.47 Å². The van der Waals surface area contributed by atoms with Crippen LogP contribution in [0.25, 0.3) is 0 Å². The Labute approximate surface area is 120 Å². The number of carboxylic acids is 1. The average Bonchev–Trinajstić information content (AvgIpc) is 2.37. The Hall–Kier alpha value is -1.56. The van der Waals surface area contributed by atoms with Crippen LogP contribution < -0.4 is 4.74 Å². The SMILES string of the molecule is CCN(CC(=O)O)C(=O)C(C)Oc1ccccc1Br. The molecule has 0 aromatic heterocycles. The number of carbonyl (C=O) groups is 2. The number of benzene rings is 1. The number of hydrogen-bond acceptors (Lipinski definition) is 3. The van der Waals surface area contributed by atoms with E-state index >= 15 is 0 Å². The molecule has 0 saturated carbocycles. The maximum atomic E-state index is 12.0. The third-order valence-electron chi connectivity index (χ3n) is 2.51. The Kier molecular flexibility index (Phi) is 5.82. The fraction of sp³-hybridized carbons (Fsp3) is 0.385. The molecule has 1 rings (SSSR count). The van der Waals surface area contributed by atoms with E-state index in [-0.39, 0.29) is 12.5 Å². The summed E-state index contributed by atoms with van der Waals surface area (Å²) in [5, 5.41) is 8.74. The molecular formula is C13H16BrNO4. The van der Waals surface area contributed by atoms with Gasteiger partial charge in [0.05, 0.1) is 4.47 Å². The van der Waals surface area contributed by atoms with Crippen molar-refractivity contribution in [2.75, 3.05) is 13.1 Å². The van der Waals surface area contributed by atoms with Gasteiger partial charge in [0, 0.05) is 6.54 Å². The number of rotatable bonds is 6. The summed E-state index contributed by atoms with van der Waals surface area (Å²) in [4.78, 5) is 24.0. The largest absolute Gasteiger partial charge is 0.480 e. The summed E-state index contributed by atoms with van der Waals surface area (Å²) in [5.74, 6) is -0.835. The van der Waals surface area contributed by atoms with Gasteiger partial charge in [-0.05, 0) is 41.9 Å². The van der Waals surface area contributed by atoms with E-state index in [0.29, 0.717) is 12.3 Å². The van der Waals surface area contributed by atoms with Crippen molar-refractivity contribution in [3.05, 3.63) is 28.7 Å². The normalized spacial score (nSPS) is 11.7. The number of likely N-dealkylation sites (N-methyl/N-ethyl adjacent to an activating group) is 1. The molecule has 104 valence electrons. The fourth-order valence-corrected chi connectivity index (χ4v) is 1.93. The number of carbonyl (C=O) groups excluding carboxylic acids is 1. The number of ether oxygens (including phenoxy) is 1. The minimum Gasteiger partial charge on any atom is -0.480 e. The van der Waals surface area contributed by atoms with Crippen molar-refractivity contribution in [3.63, 3.8) is 0 Å². The number of carboxylic acid groups (broad SMARTS) is 1. The first-order valence-corrected chi connectivity index (χ1v) is 6.66. The van der Waals surface area contributed by atoms with Gasteiger partial charge in [0.25, 0.3) is 5.91 Å². The van der Waals surface area contributed by atoms with E-state index in [2.05, 4.69) is 15.9 Å². The zero-order valence-electron chi connectivity index (χ0n) is 10.8. The molecule has 0 bridgehead atoms. The first-order valence-electron chi connectivity index (χ1n) is 5.87. The Morgan fingerprint density at radius 1 is 1.42 bits per heavy atom. The lowest BCUT2D eigenvalue weighted by atomic mass is 10.3. The minimum atomic E-state index is -1.04. The number of para-hydroxylation sites is 1. The lowest BCUT2D eigenvalue weighted by Crippen LogP contribution is -2.43. The summed E-state index contributed by atoms with van der Waals surface area (Å²) < 4.78 is 6.29. The van der Waals surface area contributed by atoms with Crippen LogP contribution in [0.1, 0.15) is 13.8 Å². The van der Waals surface area contributed by atoms with Crippen LogP contribution in [0.5, 0.6) is 5.75 Å². The molecule has 0 heterocycles. The van der Waals surface area contributed by atoms with E-state index < -0.39 is 12.1 Å². The van der Waals surface area contributed by atoms with Crippen LogP contribution in [0, 0.1) is 0 Å². The van der Waals surface area contributed by atoms with Crippen molar-refractivity contribution >= 4 is 27.8 Å². The number of amides is 1. The Bertz CT molecular complexity index is 464. The first-order chi connectivity index (χ1) is 8.95. The topological polar surface area (TPSA) is 66.8 Å². The van der Waals surface area contributed by atoms with Crippen LogP contribution in [0.2, 0.25) is 0 Å². The monoisotopic (exact) mass is 329 g/mol. The van der Waals surface area contributed by atoms with Gasteiger partial charge in [-0.15, -0.1) is 0 Å². The molecule has 0 spiro atoms. The third-order valence-corrected chi connectivity index (χ3v) is 3.16. The van der Waals surface area contributed by atoms with E-state index in [1.165, 1.54) is 4.90 Å². The maximum Gasteiger partial charge on any atom is 0.323 e. The minimum absolute atomic E-state index is 0.320. The number of aliphatic carboxylic acids is 1. The Morgan fingerprint density at radius 3 is 2.58 bits per heavy atom. The highest BCUT2D eigenvalue weighted by molar-refractivity contribution is 9.10. The molecule has 5 nitrogen and oxygen atoms in total. The molecule has 1 atom stereocenters. The second-order valence-corrected chi connectivity index (χ2v) is 4.79. The molecule has 1 amide bonds. The van der Waals surface area contributed by atoms with Crippen LogP contribution in [-0.2, 0) is 9.59 Å². The molecule has 0 radical (unpaired) electrons. The average molecular weight is 330 g/mol. The Morgan fingerprint density at radius 2 is 2.05 bits per heavy atom. The third kappa shape index (κ3) is 4.55. The number of hydrogen-bond donors (Lipinski definition) is 1. The molecule has 1 aromatic rings. The van der Waals surface area contributed by atoms with Crippen molar-refractivity contribution in [1.29, 1.82) is 0 Å². The van der Waals surface area contributed by atoms with Crippen molar-refractivity contribution in [3.8, 4) is 5.75 Å². The molecule has 0 aliphatic rings. The van der Waals surface area contributed by atoms with Crippen LogP contribution in [-0.4, -0.2) is 41.1 Å². The van der Waals surface area contributed by atoms with Gasteiger partial charge in [-0.2, -0.15) is 0 Å². The summed E-state index contributed by atoms with van der Waals surface area (Å²) in [6.07, 6.45) is -0.738. The van der Waals surface area contributed by atoms with Crippen LogP contribution >= 0.6 is 15.9 Å². The van der Waals surface area contributed by atoms with E-state index in [1.807, 2.05) is 6.07 Å². The summed E-state index contributed by atoms with van der Waals surface area (Å²) in [6.45, 7) is 3.34. The van der Waals surface area contributed by atoms with Gasteiger partial charge >= 0.3 is 5.97 Å². The highest BCUT2D eigenvalue weighted by atomic mass is 79.9. The van der Waals surface area contributed by atoms with Gasteiger partial charge in [-0.3, -0.25) is 9.59 Å². The molecule has 1 aromatic carbocycles. The quantitative estimate of drug-likeness (QED) is 0.868. The smallest absolute Gasteiger partial charge is 0.323 e. The molecule has 19 heavy (non-hydrogen) atoms.